The number of nitrogens with zero attached hydrogens (tertiary/aromatic N) is 3. The van der Waals surface area contributed by atoms with Crippen LogP contribution in [-0.2, 0) is 16.1 Å². The van der Waals surface area contributed by atoms with Gasteiger partial charge in [0.25, 0.3) is 5.56 Å². The monoisotopic (exact) mass is 599 g/mol. The molecule has 1 aromatic heterocycles. The SMILES string of the molecule is CCOC(=O)C1=C(C)N=c2s/c(=C\c3ccc(OCc4ccc(C#N)cc4)c(OC)c3)c(=O)n2[C@@H]1c1ccccc1Cl. The van der Waals surface area contributed by atoms with E-state index in [1.807, 2.05) is 24.3 Å². The summed E-state index contributed by atoms with van der Waals surface area (Å²) in [6, 6.07) is 21.0. The van der Waals surface area contributed by atoms with Crippen LogP contribution in [0.25, 0.3) is 6.08 Å². The molecule has 212 valence electrons. The Hall–Kier alpha value is -4.65. The molecule has 0 fully saturated rings. The minimum Gasteiger partial charge on any atom is -0.493 e. The van der Waals surface area contributed by atoms with E-state index in [1.165, 1.54) is 15.9 Å². The number of rotatable bonds is 8. The standard InChI is InChI=1S/C32H26ClN3O5S/c1-4-40-31(38)28-19(2)35-32-36(29(28)23-7-5-6-8-24(23)33)30(37)27(42-32)16-22-13-14-25(26(15-22)39-3)41-18-21-11-9-20(17-34)10-12-21/h5-16,29H,4,18H2,1-3H3/b27-16-/t29-/m1/s1. The van der Waals surface area contributed by atoms with Crippen molar-refractivity contribution >= 4 is 35.0 Å². The molecule has 0 bridgehead atoms. The highest BCUT2D eigenvalue weighted by Gasteiger charge is 2.34. The molecule has 2 heterocycles. The summed E-state index contributed by atoms with van der Waals surface area (Å²) < 4.78 is 18.8. The van der Waals surface area contributed by atoms with Gasteiger partial charge in [-0.2, -0.15) is 5.26 Å². The summed E-state index contributed by atoms with van der Waals surface area (Å²) in [6.07, 6.45) is 1.75. The van der Waals surface area contributed by atoms with Gasteiger partial charge in [0.1, 0.15) is 12.6 Å². The van der Waals surface area contributed by atoms with Crippen molar-refractivity contribution in [1.29, 1.82) is 5.26 Å². The fourth-order valence-electron chi connectivity index (χ4n) is 4.66. The van der Waals surface area contributed by atoms with Crippen LogP contribution in [0.5, 0.6) is 11.5 Å². The fraction of sp³-hybridized carbons (Fsp3) is 0.188. The molecule has 0 aliphatic carbocycles. The highest BCUT2D eigenvalue weighted by atomic mass is 35.5. The Kier molecular flexibility index (Phi) is 8.57. The first kappa shape index (κ1) is 28.9. The number of fused-ring (bicyclic) bond motifs is 1. The summed E-state index contributed by atoms with van der Waals surface area (Å²) in [5, 5.41) is 9.42. The topological polar surface area (TPSA) is 103 Å². The third kappa shape index (κ3) is 5.73. The van der Waals surface area contributed by atoms with Crippen LogP contribution < -0.4 is 24.4 Å². The number of methoxy groups -OCH3 is 1. The summed E-state index contributed by atoms with van der Waals surface area (Å²) in [5.74, 6) is 0.493. The molecule has 0 saturated heterocycles. The number of benzene rings is 3. The van der Waals surface area contributed by atoms with Crippen molar-refractivity contribution in [2.75, 3.05) is 13.7 Å². The molecular formula is C32H26ClN3O5S. The van der Waals surface area contributed by atoms with Gasteiger partial charge in [0.15, 0.2) is 16.3 Å². The third-order valence-corrected chi connectivity index (χ3v) is 8.01. The van der Waals surface area contributed by atoms with Gasteiger partial charge in [0, 0.05) is 5.02 Å². The third-order valence-electron chi connectivity index (χ3n) is 6.68. The van der Waals surface area contributed by atoms with E-state index in [9.17, 15) is 9.59 Å². The fourth-order valence-corrected chi connectivity index (χ4v) is 5.95. The van der Waals surface area contributed by atoms with E-state index >= 15 is 0 Å². The molecule has 0 spiro atoms. The Morgan fingerprint density at radius 3 is 2.60 bits per heavy atom. The Balaban J connectivity index is 1.53. The van der Waals surface area contributed by atoms with E-state index in [0.29, 0.717) is 49.3 Å². The largest absolute Gasteiger partial charge is 0.493 e. The van der Waals surface area contributed by atoms with Crippen LogP contribution in [0.2, 0.25) is 5.02 Å². The van der Waals surface area contributed by atoms with E-state index in [1.54, 1.807) is 69.5 Å². The van der Waals surface area contributed by atoms with E-state index < -0.39 is 12.0 Å². The lowest BCUT2D eigenvalue weighted by molar-refractivity contribution is -0.139. The van der Waals surface area contributed by atoms with E-state index in [0.717, 1.165) is 11.1 Å². The van der Waals surface area contributed by atoms with Gasteiger partial charge in [-0.3, -0.25) is 9.36 Å². The summed E-state index contributed by atoms with van der Waals surface area (Å²) in [7, 11) is 1.55. The zero-order valence-corrected chi connectivity index (χ0v) is 24.7. The van der Waals surface area contributed by atoms with Gasteiger partial charge in [-0.15, -0.1) is 0 Å². The first-order valence-corrected chi connectivity index (χ1v) is 14.3. The van der Waals surface area contributed by atoms with E-state index in [2.05, 4.69) is 11.1 Å². The van der Waals surface area contributed by atoms with Crippen LogP contribution in [0.3, 0.4) is 0 Å². The molecule has 0 amide bonds. The highest BCUT2D eigenvalue weighted by molar-refractivity contribution is 7.07. The molecule has 1 aliphatic heterocycles. The molecule has 1 atom stereocenters. The molecular weight excluding hydrogens is 574 g/mol. The second-order valence-electron chi connectivity index (χ2n) is 9.33. The van der Waals surface area contributed by atoms with Gasteiger partial charge in [-0.25, -0.2) is 9.79 Å². The maximum absolute atomic E-state index is 13.9. The number of aromatic nitrogens is 1. The zero-order valence-electron chi connectivity index (χ0n) is 23.1. The molecule has 5 rings (SSSR count). The predicted octanol–water partition coefficient (Wildman–Crippen LogP) is 4.91. The van der Waals surface area contributed by atoms with Gasteiger partial charge < -0.3 is 14.2 Å². The minimum atomic E-state index is -0.788. The van der Waals surface area contributed by atoms with Crippen molar-refractivity contribution < 1.29 is 19.0 Å². The lowest BCUT2D eigenvalue weighted by Gasteiger charge is -2.25. The van der Waals surface area contributed by atoms with Crippen molar-refractivity contribution in [1.82, 2.24) is 4.57 Å². The Bertz CT molecular complexity index is 1920. The van der Waals surface area contributed by atoms with Crippen molar-refractivity contribution in [2.24, 2.45) is 4.99 Å². The van der Waals surface area contributed by atoms with Crippen LogP contribution in [0.1, 0.15) is 42.1 Å². The van der Waals surface area contributed by atoms with E-state index in [4.69, 9.17) is 31.1 Å². The van der Waals surface area contributed by atoms with Gasteiger partial charge in [-0.1, -0.05) is 59.3 Å². The number of allylic oxidation sites excluding steroid dienone is 1. The molecule has 1 aliphatic rings. The Labute approximate surface area is 251 Å². The summed E-state index contributed by atoms with van der Waals surface area (Å²) in [6.45, 7) is 3.94. The van der Waals surface area contributed by atoms with Crippen LogP contribution in [-0.4, -0.2) is 24.3 Å². The number of thiazole rings is 1. The predicted molar refractivity (Wildman–Crippen MR) is 160 cm³/mol. The molecule has 0 radical (unpaired) electrons. The van der Waals surface area contributed by atoms with Gasteiger partial charge in [0.2, 0.25) is 0 Å². The Morgan fingerprint density at radius 2 is 1.90 bits per heavy atom. The number of carbonyl (C=O) groups is 1. The number of hydrogen-bond acceptors (Lipinski definition) is 8. The van der Waals surface area contributed by atoms with Crippen molar-refractivity contribution in [3.8, 4) is 17.6 Å². The smallest absolute Gasteiger partial charge is 0.338 e. The molecule has 0 saturated carbocycles. The van der Waals surface area contributed by atoms with Crippen molar-refractivity contribution in [3.05, 3.63) is 125 Å². The zero-order chi connectivity index (χ0) is 29.8. The number of hydrogen-bond donors (Lipinski definition) is 0. The number of esters is 1. The maximum Gasteiger partial charge on any atom is 0.338 e. The number of carbonyl (C=O) groups excluding carboxylic acids is 1. The molecule has 4 aromatic rings. The number of ether oxygens (including phenoxy) is 3. The van der Waals surface area contributed by atoms with Gasteiger partial charge in [-0.05, 0) is 66.9 Å². The molecule has 8 nitrogen and oxygen atoms in total. The number of nitriles is 1. The van der Waals surface area contributed by atoms with Crippen LogP contribution >= 0.6 is 22.9 Å². The highest BCUT2D eigenvalue weighted by Crippen LogP contribution is 2.34. The van der Waals surface area contributed by atoms with Gasteiger partial charge >= 0.3 is 5.97 Å². The van der Waals surface area contributed by atoms with Crippen LogP contribution in [0, 0.1) is 11.3 Å². The molecule has 0 N–H and O–H groups in total. The molecule has 10 heteroatoms. The molecule has 42 heavy (non-hydrogen) atoms. The summed E-state index contributed by atoms with van der Waals surface area (Å²) >= 11 is 7.79. The minimum absolute atomic E-state index is 0.185. The first-order valence-electron chi connectivity index (χ1n) is 13.1. The quantitative estimate of drug-likeness (QED) is 0.267. The average molecular weight is 600 g/mol. The van der Waals surface area contributed by atoms with Crippen molar-refractivity contribution in [2.45, 2.75) is 26.5 Å². The molecule has 3 aromatic carbocycles. The maximum atomic E-state index is 13.9. The van der Waals surface area contributed by atoms with Crippen LogP contribution in [0.15, 0.2) is 87.8 Å². The van der Waals surface area contributed by atoms with Crippen molar-refractivity contribution in [3.63, 3.8) is 0 Å². The lowest BCUT2D eigenvalue weighted by atomic mass is 9.96. The lowest BCUT2D eigenvalue weighted by Crippen LogP contribution is -2.40. The summed E-state index contributed by atoms with van der Waals surface area (Å²) in [5.41, 5.74) is 3.25. The normalized spacial score (nSPS) is 14.5. The second-order valence-corrected chi connectivity index (χ2v) is 10.7. The second kappa shape index (κ2) is 12.5. The van der Waals surface area contributed by atoms with Gasteiger partial charge in [0.05, 0.1) is 41.2 Å². The molecule has 0 unspecified atom stereocenters. The number of halogens is 1. The summed E-state index contributed by atoms with van der Waals surface area (Å²) in [4.78, 5) is 32.0. The van der Waals surface area contributed by atoms with Crippen LogP contribution in [0.4, 0.5) is 0 Å². The Morgan fingerprint density at radius 1 is 1.14 bits per heavy atom. The first-order chi connectivity index (χ1) is 20.3. The van der Waals surface area contributed by atoms with E-state index in [-0.39, 0.29) is 17.7 Å². The average Bonchev–Trinajstić information content (AvgIpc) is 3.30.